The highest BCUT2D eigenvalue weighted by Crippen LogP contribution is 2.29. The van der Waals surface area contributed by atoms with Gasteiger partial charge in [0.2, 0.25) is 5.91 Å². The van der Waals surface area contributed by atoms with E-state index in [1.54, 1.807) is 0 Å². The SMILES string of the molecule is CONC(=O)C(CNCc1ccc(C)cc1C)NC(=O)CNC(=O)c1cccc(C(F)(F)F)c1. The van der Waals surface area contributed by atoms with Crippen molar-refractivity contribution in [1.29, 1.82) is 0 Å². The summed E-state index contributed by atoms with van der Waals surface area (Å²) in [6.45, 7) is 3.93. The standard InChI is InChI=1S/C23H27F3N4O4/c1-14-7-8-17(15(2)9-14)11-27-12-19(22(33)30-34-3)29-20(31)13-28-21(32)16-5-4-6-18(10-16)23(24,25)26/h4-10,19,27H,11-13H2,1-3H3,(H,28,32)(H,29,31)(H,30,33). The molecule has 0 spiro atoms. The molecule has 0 aliphatic carbocycles. The summed E-state index contributed by atoms with van der Waals surface area (Å²) in [5.41, 5.74) is 4.14. The van der Waals surface area contributed by atoms with Gasteiger partial charge in [-0.05, 0) is 43.2 Å². The van der Waals surface area contributed by atoms with E-state index in [-0.39, 0.29) is 12.1 Å². The lowest BCUT2D eigenvalue weighted by atomic mass is 10.1. The predicted octanol–water partition coefficient (Wildman–Crippen LogP) is 2.00. The Morgan fingerprint density at radius 1 is 1.06 bits per heavy atom. The van der Waals surface area contributed by atoms with Crippen LogP contribution in [0.4, 0.5) is 13.2 Å². The van der Waals surface area contributed by atoms with Gasteiger partial charge in [0.05, 0.1) is 19.2 Å². The second-order valence-corrected chi connectivity index (χ2v) is 7.61. The molecule has 2 rings (SSSR count). The van der Waals surface area contributed by atoms with Crippen molar-refractivity contribution in [3.63, 3.8) is 0 Å². The lowest BCUT2D eigenvalue weighted by Crippen LogP contribution is -2.53. The van der Waals surface area contributed by atoms with Crippen molar-refractivity contribution in [1.82, 2.24) is 21.4 Å². The molecule has 1 atom stereocenters. The van der Waals surface area contributed by atoms with E-state index in [1.165, 1.54) is 13.2 Å². The van der Waals surface area contributed by atoms with Gasteiger partial charge in [0.15, 0.2) is 0 Å². The topological polar surface area (TPSA) is 109 Å². The van der Waals surface area contributed by atoms with Crippen LogP contribution in [0, 0.1) is 13.8 Å². The molecule has 8 nitrogen and oxygen atoms in total. The van der Waals surface area contributed by atoms with Crippen molar-refractivity contribution in [3.05, 3.63) is 70.3 Å². The van der Waals surface area contributed by atoms with E-state index in [0.717, 1.165) is 28.8 Å². The first-order chi connectivity index (χ1) is 16.0. The molecule has 34 heavy (non-hydrogen) atoms. The number of nitrogens with one attached hydrogen (secondary N) is 4. The Kier molecular flexibility index (Phi) is 9.58. The van der Waals surface area contributed by atoms with Crippen LogP contribution >= 0.6 is 0 Å². The molecule has 2 aromatic carbocycles. The Morgan fingerprint density at radius 2 is 1.79 bits per heavy atom. The summed E-state index contributed by atoms with van der Waals surface area (Å²) in [7, 11) is 1.25. The molecule has 2 aromatic rings. The first-order valence-corrected chi connectivity index (χ1v) is 10.4. The first kappa shape index (κ1) is 26.8. The normalized spacial score (nSPS) is 12.1. The Morgan fingerprint density at radius 3 is 2.44 bits per heavy atom. The summed E-state index contributed by atoms with van der Waals surface area (Å²) >= 11 is 0. The Labute approximate surface area is 195 Å². The molecule has 0 saturated carbocycles. The molecular weight excluding hydrogens is 453 g/mol. The van der Waals surface area contributed by atoms with E-state index in [0.29, 0.717) is 12.6 Å². The molecule has 0 aliphatic heterocycles. The molecule has 0 saturated heterocycles. The fourth-order valence-corrected chi connectivity index (χ4v) is 3.12. The number of halogens is 3. The van der Waals surface area contributed by atoms with E-state index < -0.39 is 42.0 Å². The van der Waals surface area contributed by atoms with Gasteiger partial charge in [-0.2, -0.15) is 13.2 Å². The number of amides is 3. The highest BCUT2D eigenvalue weighted by Gasteiger charge is 2.31. The van der Waals surface area contributed by atoms with Gasteiger partial charge in [-0.3, -0.25) is 19.2 Å². The van der Waals surface area contributed by atoms with Gasteiger partial charge in [0.25, 0.3) is 11.8 Å². The number of rotatable bonds is 10. The van der Waals surface area contributed by atoms with Crippen LogP contribution in [0.25, 0.3) is 0 Å². The zero-order valence-electron chi connectivity index (χ0n) is 19.0. The lowest BCUT2D eigenvalue weighted by Gasteiger charge is -2.19. The van der Waals surface area contributed by atoms with Crippen LogP contribution in [-0.4, -0.2) is 44.0 Å². The summed E-state index contributed by atoms with van der Waals surface area (Å²) in [4.78, 5) is 41.3. The molecule has 0 radical (unpaired) electrons. The minimum atomic E-state index is -4.60. The average molecular weight is 480 g/mol. The Bertz CT molecular complexity index is 1030. The third kappa shape index (κ3) is 8.16. The lowest BCUT2D eigenvalue weighted by molar-refractivity contribution is -0.137. The van der Waals surface area contributed by atoms with E-state index in [9.17, 15) is 27.6 Å². The Balaban J connectivity index is 1.93. The second kappa shape index (κ2) is 12.1. The molecule has 0 bridgehead atoms. The zero-order valence-corrected chi connectivity index (χ0v) is 19.0. The third-order valence-electron chi connectivity index (χ3n) is 4.88. The number of alkyl halides is 3. The molecule has 0 aromatic heterocycles. The van der Waals surface area contributed by atoms with Gasteiger partial charge in [-0.25, -0.2) is 5.48 Å². The number of hydroxylamine groups is 1. The smallest absolute Gasteiger partial charge is 0.343 e. The number of carbonyl (C=O) groups excluding carboxylic acids is 3. The van der Waals surface area contributed by atoms with Crippen molar-refractivity contribution in [2.24, 2.45) is 0 Å². The number of hydrogen-bond donors (Lipinski definition) is 4. The van der Waals surface area contributed by atoms with Crippen LogP contribution < -0.4 is 21.4 Å². The summed E-state index contributed by atoms with van der Waals surface area (Å²) < 4.78 is 38.5. The second-order valence-electron chi connectivity index (χ2n) is 7.61. The molecule has 0 fully saturated rings. The van der Waals surface area contributed by atoms with Gasteiger partial charge in [-0.15, -0.1) is 0 Å². The molecule has 11 heteroatoms. The van der Waals surface area contributed by atoms with Crippen LogP contribution in [0.5, 0.6) is 0 Å². The van der Waals surface area contributed by atoms with Gasteiger partial charge in [0, 0.05) is 18.7 Å². The maximum absolute atomic E-state index is 12.8. The quantitative estimate of drug-likeness (QED) is 0.389. The van der Waals surface area contributed by atoms with Crippen LogP contribution in [0.1, 0.15) is 32.6 Å². The van der Waals surface area contributed by atoms with Gasteiger partial charge >= 0.3 is 6.18 Å². The Hall–Kier alpha value is -3.44. The van der Waals surface area contributed by atoms with Crippen molar-refractivity contribution in [3.8, 4) is 0 Å². The number of benzene rings is 2. The van der Waals surface area contributed by atoms with Crippen molar-refractivity contribution in [2.75, 3.05) is 20.2 Å². The van der Waals surface area contributed by atoms with E-state index >= 15 is 0 Å². The highest BCUT2D eigenvalue weighted by molar-refractivity contribution is 5.97. The van der Waals surface area contributed by atoms with Crippen LogP contribution in [0.2, 0.25) is 0 Å². The predicted molar refractivity (Wildman–Crippen MR) is 118 cm³/mol. The van der Waals surface area contributed by atoms with Gasteiger partial charge in [-0.1, -0.05) is 29.8 Å². The van der Waals surface area contributed by atoms with E-state index in [1.807, 2.05) is 32.0 Å². The fraction of sp³-hybridized carbons (Fsp3) is 0.348. The van der Waals surface area contributed by atoms with Crippen molar-refractivity contribution in [2.45, 2.75) is 32.6 Å². The van der Waals surface area contributed by atoms with Crippen molar-refractivity contribution >= 4 is 17.7 Å². The van der Waals surface area contributed by atoms with Crippen LogP contribution in [-0.2, 0) is 27.1 Å². The number of aryl methyl sites for hydroxylation is 2. The summed E-state index contributed by atoms with van der Waals surface area (Å²) in [6, 6.07) is 8.77. The monoisotopic (exact) mass is 480 g/mol. The number of carbonyl (C=O) groups is 3. The fourth-order valence-electron chi connectivity index (χ4n) is 3.12. The largest absolute Gasteiger partial charge is 0.416 e. The average Bonchev–Trinajstić information content (AvgIpc) is 2.77. The third-order valence-corrected chi connectivity index (χ3v) is 4.88. The van der Waals surface area contributed by atoms with Crippen LogP contribution in [0.3, 0.4) is 0 Å². The molecule has 3 amide bonds. The van der Waals surface area contributed by atoms with E-state index in [4.69, 9.17) is 0 Å². The maximum Gasteiger partial charge on any atom is 0.416 e. The maximum atomic E-state index is 12.8. The van der Waals surface area contributed by atoms with Gasteiger partial charge in [0.1, 0.15) is 6.04 Å². The first-order valence-electron chi connectivity index (χ1n) is 10.4. The number of hydrogen-bond acceptors (Lipinski definition) is 5. The molecule has 184 valence electrons. The highest BCUT2D eigenvalue weighted by atomic mass is 19.4. The minimum absolute atomic E-state index is 0.0653. The molecule has 4 N–H and O–H groups in total. The van der Waals surface area contributed by atoms with Crippen LogP contribution in [0.15, 0.2) is 42.5 Å². The molecule has 1 unspecified atom stereocenters. The summed E-state index contributed by atoms with van der Waals surface area (Å²) in [6.07, 6.45) is -4.60. The van der Waals surface area contributed by atoms with Gasteiger partial charge < -0.3 is 16.0 Å². The summed E-state index contributed by atoms with van der Waals surface area (Å²) in [5, 5.41) is 7.81. The molecular formula is C23H27F3N4O4. The molecule has 0 heterocycles. The zero-order chi connectivity index (χ0) is 25.3. The minimum Gasteiger partial charge on any atom is -0.343 e. The summed E-state index contributed by atoms with van der Waals surface area (Å²) in [5.74, 6) is -2.18. The van der Waals surface area contributed by atoms with E-state index in [2.05, 4.69) is 26.3 Å². The molecule has 0 aliphatic rings. The van der Waals surface area contributed by atoms with Crippen molar-refractivity contribution < 1.29 is 32.4 Å².